The number of fused-ring (bicyclic) bond motifs is 1. The van der Waals surface area contributed by atoms with Crippen molar-refractivity contribution >= 4 is 16.9 Å². The van der Waals surface area contributed by atoms with Gasteiger partial charge in [-0.15, -0.1) is 0 Å². The normalized spacial score (nSPS) is 21.4. The molecule has 5 nitrogen and oxygen atoms in total. The molecule has 0 saturated carbocycles. The van der Waals surface area contributed by atoms with E-state index in [1.807, 2.05) is 0 Å². The first kappa shape index (κ1) is 10.5. The van der Waals surface area contributed by atoms with E-state index >= 15 is 0 Å². The summed E-state index contributed by atoms with van der Waals surface area (Å²) in [7, 11) is 2.15. The first-order valence-corrected chi connectivity index (χ1v) is 5.93. The summed E-state index contributed by atoms with van der Waals surface area (Å²) in [5.41, 5.74) is 8.05. The van der Waals surface area contributed by atoms with Crippen LogP contribution in [0.2, 0.25) is 0 Å². The number of hydrogen-bond acceptors (Lipinski definition) is 4. The van der Waals surface area contributed by atoms with E-state index in [4.69, 9.17) is 5.73 Å². The third-order valence-corrected chi connectivity index (χ3v) is 3.59. The largest absolute Gasteiger partial charge is 0.383 e. The zero-order chi connectivity index (χ0) is 12.0. The number of nitrogens with two attached hydrogens (primary N) is 1. The van der Waals surface area contributed by atoms with Crippen LogP contribution in [-0.2, 0) is 0 Å². The SMILES string of the molecule is Cc1cn(C2CCN(C)C2)c2ncnc(N)c12. The Bertz CT molecular complexity index is 559. The lowest BCUT2D eigenvalue weighted by Gasteiger charge is -2.13. The molecular formula is C12H17N5. The van der Waals surface area contributed by atoms with E-state index < -0.39 is 0 Å². The number of aryl methyl sites for hydroxylation is 1. The fraction of sp³-hybridized carbons (Fsp3) is 0.500. The fourth-order valence-electron chi connectivity index (χ4n) is 2.72. The molecule has 5 heteroatoms. The lowest BCUT2D eigenvalue weighted by Crippen LogP contribution is -2.16. The van der Waals surface area contributed by atoms with Crippen LogP contribution in [-0.4, -0.2) is 39.6 Å². The molecule has 2 aromatic heterocycles. The maximum Gasteiger partial charge on any atom is 0.146 e. The van der Waals surface area contributed by atoms with E-state index in [-0.39, 0.29) is 0 Å². The molecule has 90 valence electrons. The van der Waals surface area contributed by atoms with Crippen LogP contribution in [0.15, 0.2) is 12.5 Å². The topological polar surface area (TPSA) is 60.0 Å². The number of aromatic nitrogens is 3. The number of nitrogen functional groups attached to an aromatic ring is 1. The molecule has 1 atom stereocenters. The molecule has 0 radical (unpaired) electrons. The van der Waals surface area contributed by atoms with Gasteiger partial charge in [-0.1, -0.05) is 0 Å². The molecule has 0 bridgehead atoms. The second kappa shape index (κ2) is 3.70. The smallest absolute Gasteiger partial charge is 0.146 e. The fourth-order valence-corrected chi connectivity index (χ4v) is 2.72. The zero-order valence-corrected chi connectivity index (χ0v) is 10.2. The van der Waals surface area contributed by atoms with Crippen LogP contribution in [0.1, 0.15) is 18.0 Å². The number of nitrogens with zero attached hydrogens (tertiary/aromatic N) is 4. The molecular weight excluding hydrogens is 214 g/mol. The van der Waals surface area contributed by atoms with Crippen molar-refractivity contribution in [1.82, 2.24) is 19.4 Å². The first-order chi connectivity index (χ1) is 8.16. The van der Waals surface area contributed by atoms with Crippen LogP contribution in [0.25, 0.3) is 11.0 Å². The number of anilines is 1. The third-order valence-electron chi connectivity index (χ3n) is 3.59. The van der Waals surface area contributed by atoms with E-state index in [0.717, 1.165) is 29.7 Å². The first-order valence-electron chi connectivity index (χ1n) is 5.93. The molecule has 3 rings (SSSR count). The Kier molecular flexibility index (Phi) is 2.29. The predicted octanol–water partition coefficient (Wildman–Crippen LogP) is 1.20. The highest BCUT2D eigenvalue weighted by Gasteiger charge is 2.23. The summed E-state index contributed by atoms with van der Waals surface area (Å²) in [6, 6.07) is 0.505. The molecule has 2 N–H and O–H groups in total. The monoisotopic (exact) mass is 231 g/mol. The van der Waals surface area contributed by atoms with Gasteiger partial charge in [0.15, 0.2) is 0 Å². The molecule has 0 aromatic carbocycles. The van der Waals surface area contributed by atoms with Crippen molar-refractivity contribution in [2.24, 2.45) is 0 Å². The highest BCUT2D eigenvalue weighted by Crippen LogP contribution is 2.29. The van der Waals surface area contributed by atoms with Gasteiger partial charge >= 0.3 is 0 Å². The van der Waals surface area contributed by atoms with E-state index in [0.29, 0.717) is 11.9 Å². The minimum atomic E-state index is 0.505. The van der Waals surface area contributed by atoms with Gasteiger partial charge < -0.3 is 15.2 Å². The number of likely N-dealkylation sites (N-methyl/N-ethyl adjacent to an activating group) is 1. The lowest BCUT2D eigenvalue weighted by molar-refractivity contribution is 0.394. The van der Waals surface area contributed by atoms with Crippen molar-refractivity contribution in [1.29, 1.82) is 0 Å². The van der Waals surface area contributed by atoms with Crippen LogP contribution >= 0.6 is 0 Å². The van der Waals surface area contributed by atoms with E-state index in [9.17, 15) is 0 Å². The Hall–Kier alpha value is -1.62. The summed E-state index contributed by atoms with van der Waals surface area (Å²) in [5.74, 6) is 0.581. The summed E-state index contributed by atoms with van der Waals surface area (Å²) >= 11 is 0. The van der Waals surface area contributed by atoms with Crippen molar-refractivity contribution in [2.45, 2.75) is 19.4 Å². The third kappa shape index (κ3) is 1.58. The van der Waals surface area contributed by atoms with Crippen molar-refractivity contribution in [3.8, 4) is 0 Å². The molecule has 2 aromatic rings. The Morgan fingerprint density at radius 1 is 1.41 bits per heavy atom. The molecule has 1 aliphatic heterocycles. The minimum absolute atomic E-state index is 0.505. The second-order valence-corrected chi connectivity index (χ2v) is 4.88. The number of likely N-dealkylation sites (tertiary alicyclic amines) is 1. The van der Waals surface area contributed by atoms with Gasteiger partial charge in [0.25, 0.3) is 0 Å². The second-order valence-electron chi connectivity index (χ2n) is 4.88. The van der Waals surface area contributed by atoms with Gasteiger partial charge in [-0.2, -0.15) is 0 Å². The van der Waals surface area contributed by atoms with Crippen molar-refractivity contribution in [3.63, 3.8) is 0 Å². The van der Waals surface area contributed by atoms with Crippen molar-refractivity contribution < 1.29 is 0 Å². The summed E-state index contributed by atoms with van der Waals surface area (Å²) in [6.45, 7) is 4.29. The van der Waals surface area contributed by atoms with Gasteiger partial charge in [0.1, 0.15) is 17.8 Å². The molecule has 0 spiro atoms. The average molecular weight is 231 g/mol. The van der Waals surface area contributed by atoms with E-state index in [2.05, 4.69) is 39.6 Å². The maximum atomic E-state index is 5.92. The Morgan fingerprint density at radius 2 is 2.24 bits per heavy atom. The molecule has 3 heterocycles. The molecule has 1 unspecified atom stereocenters. The van der Waals surface area contributed by atoms with E-state index in [1.54, 1.807) is 6.33 Å². The average Bonchev–Trinajstić information content (AvgIpc) is 2.84. The van der Waals surface area contributed by atoms with Crippen molar-refractivity contribution in [2.75, 3.05) is 25.9 Å². The van der Waals surface area contributed by atoms with Crippen LogP contribution in [0.3, 0.4) is 0 Å². The molecule has 1 fully saturated rings. The molecule has 0 amide bonds. The van der Waals surface area contributed by atoms with Gasteiger partial charge in [-0.3, -0.25) is 0 Å². The standard InChI is InChI=1S/C12H17N5/c1-8-5-17(9-3-4-16(2)6-9)12-10(8)11(13)14-7-15-12/h5,7,9H,3-4,6H2,1-2H3,(H2,13,14,15). The van der Waals surface area contributed by atoms with Crippen molar-refractivity contribution in [3.05, 3.63) is 18.1 Å². The van der Waals surface area contributed by atoms with Gasteiger partial charge in [-0.05, 0) is 32.5 Å². The summed E-state index contributed by atoms with van der Waals surface area (Å²) in [4.78, 5) is 10.8. The molecule has 1 aliphatic rings. The summed E-state index contributed by atoms with van der Waals surface area (Å²) in [5, 5.41) is 1.00. The zero-order valence-electron chi connectivity index (χ0n) is 10.2. The summed E-state index contributed by atoms with van der Waals surface area (Å²) < 4.78 is 2.26. The van der Waals surface area contributed by atoms with Crippen LogP contribution < -0.4 is 5.73 Å². The predicted molar refractivity (Wildman–Crippen MR) is 67.8 cm³/mol. The minimum Gasteiger partial charge on any atom is -0.383 e. The molecule has 1 saturated heterocycles. The highest BCUT2D eigenvalue weighted by molar-refractivity contribution is 5.89. The van der Waals surface area contributed by atoms with Gasteiger partial charge in [0.2, 0.25) is 0 Å². The summed E-state index contributed by atoms with van der Waals surface area (Å²) in [6.07, 6.45) is 4.87. The number of hydrogen-bond donors (Lipinski definition) is 1. The van der Waals surface area contributed by atoms with Gasteiger partial charge in [0, 0.05) is 18.8 Å². The quantitative estimate of drug-likeness (QED) is 0.801. The van der Waals surface area contributed by atoms with Crippen LogP contribution in [0.4, 0.5) is 5.82 Å². The molecule has 17 heavy (non-hydrogen) atoms. The maximum absolute atomic E-state index is 5.92. The number of rotatable bonds is 1. The lowest BCUT2D eigenvalue weighted by atomic mass is 10.2. The highest BCUT2D eigenvalue weighted by atomic mass is 15.2. The Labute approximate surface area is 100 Å². The van der Waals surface area contributed by atoms with Crippen LogP contribution in [0.5, 0.6) is 0 Å². The van der Waals surface area contributed by atoms with E-state index in [1.165, 1.54) is 6.42 Å². The van der Waals surface area contributed by atoms with Gasteiger partial charge in [0.05, 0.1) is 5.39 Å². The van der Waals surface area contributed by atoms with Crippen LogP contribution in [0, 0.1) is 6.92 Å². The Morgan fingerprint density at radius 3 is 2.94 bits per heavy atom. The molecule has 0 aliphatic carbocycles. The van der Waals surface area contributed by atoms with Gasteiger partial charge in [-0.25, -0.2) is 9.97 Å². The Balaban J connectivity index is 2.14.